The van der Waals surface area contributed by atoms with Crippen molar-refractivity contribution in [1.82, 2.24) is 9.78 Å². The lowest BCUT2D eigenvalue weighted by atomic mass is 9.81. The number of imide groups is 1. The summed E-state index contributed by atoms with van der Waals surface area (Å²) in [4.78, 5) is 27.1. The molecule has 3 fully saturated rings. The Morgan fingerprint density at radius 1 is 1.15 bits per heavy atom. The minimum Gasteiger partial charge on any atom is -0.373 e. The van der Waals surface area contributed by atoms with Crippen LogP contribution in [0.2, 0.25) is 10.0 Å². The zero-order chi connectivity index (χ0) is 18.9. The molecule has 1 aromatic carbocycles. The number of carbonyl (C=O) groups excluding carboxylic acids is 2. The molecule has 0 saturated carbocycles. The molecule has 1 aromatic heterocycles. The largest absolute Gasteiger partial charge is 0.373 e. The molecule has 0 aliphatic carbocycles. The third-order valence-corrected chi connectivity index (χ3v) is 6.69. The monoisotopic (exact) mass is 469 g/mol. The molecular weight excluding hydrogens is 457 g/mol. The van der Waals surface area contributed by atoms with Crippen LogP contribution in [0.4, 0.5) is 5.82 Å². The number of rotatable bonds is 3. The highest BCUT2D eigenvalue weighted by atomic mass is 79.9. The van der Waals surface area contributed by atoms with Crippen LogP contribution in [0.15, 0.2) is 28.9 Å². The second-order valence-corrected chi connectivity index (χ2v) is 8.79. The van der Waals surface area contributed by atoms with Crippen molar-refractivity contribution < 1.29 is 14.3 Å². The molecule has 9 heteroatoms. The van der Waals surface area contributed by atoms with Crippen molar-refractivity contribution in [2.24, 2.45) is 11.8 Å². The molecule has 4 heterocycles. The highest BCUT2D eigenvalue weighted by molar-refractivity contribution is 9.10. The van der Waals surface area contributed by atoms with E-state index in [0.717, 1.165) is 18.4 Å². The van der Waals surface area contributed by atoms with E-state index in [1.165, 1.54) is 4.90 Å². The van der Waals surface area contributed by atoms with Gasteiger partial charge in [-0.1, -0.05) is 29.3 Å². The number of anilines is 1. The van der Waals surface area contributed by atoms with Crippen LogP contribution in [-0.4, -0.2) is 33.8 Å². The number of fused-ring (bicyclic) bond motifs is 5. The number of halogens is 3. The molecule has 3 aliphatic rings. The van der Waals surface area contributed by atoms with Crippen LogP contribution in [0.1, 0.15) is 18.4 Å². The lowest BCUT2D eigenvalue weighted by Gasteiger charge is -2.15. The van der Waals surface area contributed by atoms with E-state index in [2.05, 4.69) is 21.0 Å². The second-order valence-electron chi connectivity index (χ2n) is 7.09. The average Bonchev–Trinajstić information content (AvgIpc) is 3.36. The first-order chi connectivity index (χ1) is 12.9. The maximum absolute atomic E-state index is 12.9. The van der Waals surface area contributed by atoms with Gasteiger partial charge >= 0.3 is 0 Å². The highest BCUT2D eigenvalue weighted by Gasteiger charge is 2.63. The molecule has 4 atom stereocenters. The number of nitrogens with zero attached hydrogens (tertiary/aromatic N) is 3. The molecule has 2 amide bonds. The second kappa shape index (κ2) is 6.30. The molecule has 5 rings (SSSR count). The van der Waals surface area contributed by atoms with Gasteiger partial charge in [0.1, 0.15) is 0 Å². The van der Waals surface area contributed by atoms with Crippen molar-refractivity contribution >= 4 is 56.8 Å². The SMILES string of the molecule is O=C1[C@@H]2[C@@H](C(=O)N1c1nn(Cc3ccc(Cl)cc3Cl)cc1Br)[C@H]1CC[C@H]2O1. The standard InChI is InChI=1S/C18H14BrCl2N3O3/c19-10-7-23(6-8-1-2-9(20)5-11(8)21)22-16(10)24-17(25)14-12-3-4-13(27-12)15(14)18(24)26/h1-2,5,7,12-15H,3-4,6H2/t12-,13-,14+,15+/m1/s1. The Bertz CT molecular complexity index is 951. The molecule has 0 spiro atoms. The predicted molar refractivity (Wildman–Crippen MR) is 103 cm³/mol. The van der Waals surface area contributed by atoms with Crippen LogP contribution in [0.5, 0.6) is 0 Å². The highest BCUT2D eigenvalue weighted by Crippen LogP contribution is 2.49. The van der Waals surface area contributed by atoms with Crippen LogP contribution in [0.25, 0.3) is 0 Å². The molecule has 0 N–H and O–H groups in total. The fourth-order valence-electron chi connectivity index (χ4n) is 4.36. The van der Waals surface area contributed by atoms with Gasteiger partial charge in [0.25, 0.3) is 0 Å². The number of ether oxygens (including phenoxy) is 1. The molecule has 0 radical (unpaired) electrons. The van der Waals surface area contributed by atoms with Gasteiger partial charge in [0.15, 0.2) is 5.82 Å². The molecule has 2 bridgehead atoms. The van der Waals surface area contributed by atoms with Crippen LogP contribution in [0.3, 0.4) is 0 Å². The fourth-order valence-corrected chi connectivity index (χ4v) is 5.33. The number of amides is 2. The van der Waals surface area contributed by atoms with E-state index in [1.807, 2.05) is 6.07 Å². The molecule has 0 unspecified atom stereocenters. The van der Waals surface area contributed by atoms with Crippen molar-refractivity contribution in [3.05, 3.63) is 44.5 Å². The van der Waals surface area contributed by atoms with Gasteiger partial charge in [-0.15, -0.1) is 0 Å². The Kier molecular flexibility index (Phi) is 4.13. The number of aromatic nitrogens is 2. The van der Waals surface area contributed by atoms with Crippen molar-refractivity contribution in [3.63, 3.8) is 0 Å². The van der Waals surface area contributed by atoms with Gasteiger partial charge in [0.2, 0.25) is 11.8 Å². The maximum Gasteiger partial charge on any atom is 0.241 e. The van der Waals surface area contributed by atoms with Gasteiger partial charge < -0.3 is 4.74 Å². The normalized spacial score (nSPS) is 29.1. The Morgan fingerprint density at radius 3 is 2.44 bits per heavy atom. The number of carbonyl (C=O) groups is 2. The van der Waals surface area contributed by atoms with Crippen LogP contribution >= 0.6 is 39.1 Å². The quantitative estimate of drug-likeness (QED) is 0.642. The third kappa shape index (κ3) is 2.67. The minimum absolute atomic E-state index is 0.143. The molecule has 27 heavy (non-hydrogen) atoms. The molecule has 6 nitrogen and oxygen atoms in total. The van der Waals surface area contributed by atoms with Crippen LogP contribution in [-0.2, 0) is 20.9 Å². The van der Waals surface area contributed by atoms with E-state index in [0.29, 0.717) is 26.9 Å². The summed E-state index contributed by atoms with van der Waals surface area (Å²) in [6.45, 7) is 0.395. The number of hydrogen-bond donors (Lipinski definition) is 0. The summed E-state index contributed by atoms with van der Waals surface area (Å²) in [6, 6.07) is 5.25. The zero-order valence-corrected chi connectivity index (χ0v) is 17.0. The molecule has 2 aromatic rings. The number of hydrogen-bond acceptors (Lipinski definition) is 4. The topological polar surface area (TPSA) is 64.4 Å². The van der Waals surface area contributed by atoms with Gasteiger partial charge in [-0.2, -0.15) is 5.10 Å². The Balaban J connectivity index is 1.45. The van der Waals surface area contributed by atoms with Crippen LogP contribution < -0.4 is 4.90 Å². The zero-order valence-electron chi connectivity index (χ0n) is 13.9. The van der Waals surface area contributed by atoms with Crippen LogP contribution in [0, 0.1) is 11.8 Å². The fraction of sp³-hybridized carbons (Fsp3) is 0.389. The molecule has 140 valence electrons. The third-order valence-electron chi connectivity index (χ3n) is 5.54. The van der Waals surface area contributed by atoms with Crippen molar-refractivity contribution in [3.8, 4) is 0 Å². The summed E-state index contributed by atoms with van der Waals surface area (Å²) < 4.78 is 8.00. The van der Waals surface area contributed by atoms with E-state index in [1.54, 1.807) is 23.0 Å². The van der Waals surface area contributed by atoms with Gasteiger partial charge in [-0.25, -0.2) is 4.90 Å². The Hall–Kier alpha value is -1.41. The van der Waals surface area contributed by atoms with E-state index >= 15 is 0 Å². The van der Waals surface area contributed by atoms with E-state index < -0.39 is 0 Å². The maximum atomic E-state index is 12.9. The lowest BCUT2D eigenvalue weighted by molar-refractivity contribution is -0.124. The van der Waals surface area contributed by atoms with E-state index in [4.69, 9.17) is 27.9 Å². The first kappa shape index (κ1) is 17.7. The molecule has 3 saturated heterocycles. The van der Waals surface area contributed by atoms with Crippen molar-refractivity contribution in [1.29, 1.82) is 0 Å². The van der Waals surface area contributed by atoms with Gasteiger partial charge in [-0.3, -0.25) is 14.3 Å². The minimum atomic E-state index is -0.376. The average molecular weight is 471 g/mol. The number of benzene rings is 1. The lowest BCUT2D eigenvalue weighted by Crippen LogP contribution is -2.34. The Labute approximate surface area is 173 Å². The Morgan fingerprint density at radius 2 is 1.81 bits per heavy atom. The summed E-state index contributed by atoms with van der Waals surface area (Å²) in [5.41, 5.74) is 0.838. The summed E-state index contributed by atoms with van der Waals surface area (Å²) in [5.74, 6) is -0.859. The predicted octanol–water partition coefficient (Wildman–Crippen LogP) is 3.67. The summed E-state index contributed by atoms with van der Waals surface area (Å²) in [6.07, 6.45) is 3.12. The van der Waals surface area contributed by atoms with Crippen molar-refractivity contribution in [2.45, 2.75) is 31.6 Å². The van der Waals surface area contributed by atoms with Crippen molar-refractivity contribution in [2.75, 3.05) is 4.90 Å². The first-order valence-corrected chi connectivity index (χ1v) is 10.2. The summed E-state index contributed by atoms with van der Waals surface area (Å²) in [7, 11) is 0. The first-order valence-electron chi connectivity index (χ1n) is 8.64. The van der Waals surface area contributed by atoms with Gasteiger partial charge in [0.05, 0.1) is 35.1 Å². The molecule has 3 aliphatic heterocycles. The summed E-state index contributed by atoms with van der Waals surface area (Å²) >= 11 is 15.6. The summed E-state index contributed by atoms with van der Waals surface area (Å²) in [5, 5.41) is 5.56. The van der Waals surface area contributed by atoms with Gasteiger partial charge in [-0.05, 0) is 46.5 Å². The molecular formula is C18H14BrCl2N3O3. The van der Waals surface area contributed by atoms with E-state index in [9.17, 15) is 9.59 Å². The van der Waals surface area contributed by atoms with Gasteiger partial charge in [0, 0.05) is 16.2 Å². The smallest absolute Gasteiger partial charge is 0.241 e. The van der Waals surface area contributed by atoms with E-state index in [-0.39, 0.29) is 35.9 Å².